The number of carboxylic acid groups (broad SMARTS) is 1. The van der Waals surface area contributed by atoms with Gasteiger partial charge in [-0.05, 0) is 48.7 Å². The lowest BCUT2D eigenvalue weighted by atomic mass is 10.0. The summed E-state index contributed by atoms with van der Waals surface area (Å²) in [5.41, 5.74) is 2.30. The molecule has 25 heavy (non-hydrogen) atoms. The summed E-state index contributed by atoms with van der Waals surface area (Å²) in [6, 6.07) is 13.0. The van der Waals surface area contributed by atoms with E-state index in [1.807, 2.05) is 18.2 Å². The summed E-state index contributed by atoms with van der Waals surface area (Å²) in [4.78, 5) is 13.3. The lowest BCUT2D eigenvalue weighted by Gasteiger charge is -2.35. The van der Waals surface area contributed by atoms with Gasteiger partial charge in [0.05, 0.1) is 16.3 Å². The average Bonchev–Trinajstić information content (AvgIpc) is 2.60. The Kier molecular flexibility index (Phi) is 5.84. The van der Waals surface area contributed by atoms with E-state index in [1.54, 1.807) is 24.3 Å². The van der Waals surface area contributed by atoms with Gasteiger partial charge in [-0.15, -0.1) is 0 Å². The van der Waals surface area contributed by atoms with E-state index in [0.29, 0.717) is 28.2 Å². The second kappa shape index (κ2) is 8.09. The second-order valence-corrected chi connectivity index (χ2v) is 7.11. The molecular weight excluding hydrogens is 359 g/mol. The van der Waals surface area contributed by atoms with Gasteiger partial charge in [0.25, 0.3) is 0 Å². The van der Waals surface area contributed by atoms with Gasteiger partial charge in [0, 0.05) is 30.7 Å². The fourth-order valence-electron chi connectivity index (χ4n) is 3.18. The highest BCUT2D eigenvalue weighted by molar-refractivity contribution is 6.36. The van der Waals surface area contributed by atoms with Crippen LogP contribution in [0, 0.1) is 0 Å². The standard InChI is InChI=1S/C19H20Cl2N2O2/c20-15-6-7-18(17(21)10-15)23-8-2-5-16(12-23)22-11-13-3-1-4-14(9-13)19(24)25/h1,3-4,6-7,9-10,16,22H,2,5,8,11-12H2,(H,24,25). The van der Waals surface area contributed by atoms with Crippen LogP contribution in [0.15, 0.2) is 42.5 Å². The molecule has 1 unspecified atom stereocenters. The van der Waals surface area contributed by atoms with Crippen molar-refractivity contribution in [1.29, 1.82) is 0 Å². The quantitative estimate of drug-likeness (QED) is 0.806. The molecule has 2 aromatic carbocycles. The molecule has 1 aliphatic rings. The third-order valence-corrected chi connectivity index (χ3v) is 4.98. The number of nitrogens with one attached hydrogen (secondary N) is 1. The Bertz CT molecular complexity index is 767. The van der Waals surface area contributed by atoms with Crippen LogP contribution in [0.25, 0.3) is 0 Å². The lowest BCUT2D eigenvalue weighted by molar-refractivity contribution is 0.0696. The summed E-state index contributed by atoms with van der Waals surface area (Å²) in [6.07, 6.45) is 2.16. The minimum Gasteiger partial charge on any atom is -0.478 e. The van der Waals surface area contributed by atoms with Crippen LogP contribution in [-0.2, 0) is 6.54 Å². The van der Waals surface area contributed by atoms with Crippen molar-refractivity contribution < 1.29 is 9.90 Å². The fraction of sp³-hybridized carbons (Fsp3) is 0.316. The fourth-order valence-corrected chi connectivity index (χ4v) is 3.70. The molecule has 1 heterocycles. The number of aromatic carboxylic acids is 1. The zero-order chi connectivity index (χ0) is 17.8. The highest BCUT2D eigenvalue weighted by atomic mass is 35.5. The Morgan fingerprint density at radius 2 is 2.08 bits per heavy atom. The lowest BCUT2D eigenvalue weighted by Crippen LogP contribution is -2.45. The Morgan fingerprint density at radius 1 is 1.24 bits per heavy atom. The van der Waals surface area contributed by atoms with E-state index in [-0.39, 0.29) is 0 Å². The summed E-state index contributed by atoms with van der Waals surface area (Å²) in [5, 5.41) is 13.9. The maximum absolute atomic E-state index is 11.1. The van der Waals surface area contributed by atoms with Crippen molar-refractivity contribution in [2.75, 3.05) is 18.0 Å². The topological polar surface area (TPSA) is 52.6 Å². The van der Waals surface area contributed by atoms with Crippen LogP contribution in [0.3, 0.4) is 0 Å². The minimum absolute atomic E-state index is 0.317. The van der Waals surface area contributed by atoms with E-state index in [2.05, 4.69) is 10.2 Å². The number of hydrogen-bond acceptors (Lipinski definition) is 3. The highest BCUT2D eigenvalue weighted by Crippen LogP contribution is 2.30. The number of anilines is 1. The molecule has 0 amide bonds. The number of benzene rings is 2. The van der Waals surface area contributed by atoms with E-state index in [9.17, 15) is 4.79 Å². The van der Waals surface area contributed by atoms with Crippen LogP contribution in [0.5, 0.6) is 0 Å². The molecule has 1 atom stereocenters. The minimum atomic E-state index is -0.900. The Morgan fingerprint density at radius 3 is 2.84 bits per heavy atom. The summed E-state index contributed by atoms with van der Waals surface area (Å²) >= 11 is 12.3. The maximum Gasteiger partial charge on any atom is 0.335 e. The van der Waals surface area contributed by atoms with Gasteiger partial charge in [0.15, 0.2) is 0 Å². The number of carboxylic acids is 1. The van der Waals surface area contributed by atoms with Crippen molar-refractivity contribution in [2.24, 2.45) is 0 Å². The van der Waals surface area contributed by atoms with Crippen LogP contribution >= 0.6 is 23.2 Å². The van der Waals surface area contributed by atoms with Gasteiger partial charge in [-0.3, -0.25) is 0 Å². The zero-order valence-electron chi connectivity index (χ0n) is 13.7. The van der Waals surface area contributed by atoms with Gasteiger partial charge in [0.2, 0.25) is 0 Å². The molecule has 4 nitrogen and oxygen atoms in total. The molecule has 0 aromatic heterocycles. The van der Waals surface area contributed by atoms with E-state index < -0.39 is 5.97 Å². The first-order valence-electron chi connectivity index (χ1n) is 8.28. The van der Waals surface area contributed by atoms with Crippen LogP contribution in [0.2, 0.25) is 10.0 Å². The number of halogens is 2. The smallest absolute Gasteiger partial charge is 0.335 e. The third-order valence-electron chi connectivity index (χ3n) is 4.44. The molecule has 0 radical (unpaired) electrons. The van der Waals surface area contributed by atoms with E-state index in [1.165, 1.54) is 0 Å². The molecule has 0 saturated carbocycles. The second-order valence-electron chi connectivity index (χ2n) is 6.27. The number of rotatable bonds is 5. The Balaban J connectivity index is 1.62. The highest BCUT2D eigenvalue weighted by Gasteiger charge is 2.21. The van der Waals surface area contributed by atoms with Crippen molar-refractivity contribution in [3.63, 3.8) is 0 Å². The predicted octanol–water partition coefficient (Wildman–Crippen LogP) is 4.45. The molecule has 1 fully saturated rings. The summed E-state index contributed by atoms with van der Waals surface area (Å²) < 4.78 is 0. The Labute approximate surface area is 157 Å². The van der Waals surface area contributed by atoms with Crippen molar-refractivity contribution in [2.45, 2.75) is 25.4 Å². The van der Waals surface area contributed by atoms with Crippen molar-refractivity contribution in [3.05, 3.63) is 63.6 Å². The molecule has 1 aliphatic heterocycles. The summed E-state index contributed by atoms with van der Waals surface area (Å²) in [5.74, 6) is -0.900. The molecule has 132 valence electrons. The molecular formula is C19H20Cl2N2O2. The molecule has 0 bridgehead atoms. The molecule has 0 aliphatic carbocycles. The van der Waals surface area contributed by atoms with Gasteiger partial charge in [-0.25, -0.2) is 4.79 Å². The largest absolute Gasteiger partial charge is 0.478 e. The summed E-state index contributed by atoms with van der Waals surface area (Å²) in [7, 11) is 0. The van der Waals surface area contributed by atoms with Crippen LogP contribution in [0.1, 0.15) is 28.8 Å². The number of carbonyl (C=O) groups is 1. The van der Waals surface area contributed by atoms with Gasteiger partial charge >= 0.3 is 5.97 Å². The maximum atomic E-state index is 11.1. The van der Waals surface area contributed by atoms with E-state index in [0.717, 1.165) is 37.2 Å². The van der Waals surface area contributed by atoms with Crippen molar-refractivity contribution in [1.82, 2.24) is 5.32 Å². The number of piperidine rings is 1. The first-order chi connectivity index (χ1) is 12.0. The van der Waals surface area contributed by atoms with Crippen LogP contribution < -0.4 is 10.2 Å². The van der Waals surface area contributed by atoms with Gasteiger partial charge < -0.3 is 15.3 Å². The van der Waals surface area contributed by atoms with Crippen molar-refractivity contribution >= 4 is 34.9 Å². The van der Waals surface area contributed by atoms with Gasteiger partial charge in [-0.2, -0.15) is 0 Å². The van der Waals surface area contributed by atoms with E-state index in [4.69, 9.17) is 28.3 Å². The first kappa shape index (κ1) is 18.1. The van der Waals surface area contributed by atoms with Crippen molar-refractivity contribution in [3.8, 4) is 0 Å². The monoisotopic (exact) mass is 378 g/mol. The third kappa shape index (κ3) is 4.66. The summed E-state index contributed by atoms with van der Waals surface area (Å²) in [6.45, 7) is 2.47. The number of hydrogen-bond donors (Lipinski definition) is 2. The Hall–Kier alpha value is -1.75. The molecule has 2 N–H and O–H groups in total. The first-order valence-corrected chi connectivity index (χ1v) is 9.04. The average molecular weight is 379 g/mol. The molecule has 0 spiro atoms. The number of nitrogens with zero attached hydrogens (tertiary/aromatic N) is 1. The molecule has 1 saturated heterocycles. The predicted molar refractivity (Wildman–Crippen MR) is 102 cm³/mol. The van der Waals surface area contributed by atoms with Gasteiger partial charge in [0.1, 0.15) is 0 Å². The molecule has 3 rings (SSSR count). The normalized spacial score (nSPS) is 17.5. The SMILES string of the molecule is O=C(O)c1cccc(CNC2CCCN(c3ccc(Cl)cc3Cl)C2)c1. The molecule has 6 heteroatoms. The van der Waals surface area contributed by atoms with Crippen LogP contribution in [0.4, 0.5) is 5.69 Å². The van der Waals surface area contributed by atoms with Gasteiger partial charge in [-0.1, -0.05) is 35.3 Å². The van der Waals surface area contributed by atoms with E-state index >= 15 is 0 Å². The molecule has 2 aromatic rings. The zero-order valence-corrected chi connectivity index (χ0v) is 15.2. The van der Waals surface area contributed by atoms with Crippen LogP contribution in [-0.4, -0.2) is 30.2 Å².